The summed E-state index contributed by atoms with van der Waals surface area (Å²) in [5.74, 6) is 0.531. The van der Waals surface area contributed by atoms with Gasteiger partial charge in [0.25, 0.3) is 0 Å². The first kappa shape index (κ1) is 19.4. The number of unbranched alkanes of at least 4 members (excludes halogenated alkanes) is 4. The Hall–Kier alpha value is -0.910. The summed E-state index contributed by atoms with van der Waals surface area (Å²) in [6.07, 6.45) is 9.28. The van der Waals surface area contributed by atoms with Crippen molar-refractivity contribution >= 4 is 19.2 Å². The minimum absolute atomic E-state index is 0.289. The van der Waals surface area contributed by atoms with Crippen molar-refractivity contribution in [1.29, 1.82) is 0 Å². The molecule has 0 saturated carbocycles. The van der Waals surface area contributed by atoms with E-state index < -0.39 is 0 Å². The largest absolute Gasteiger partial charge is 0.104 e. The van der Waals surface area contributed by atoms with E-state index in [9.17, 15) is 0 Å². The highest BCUT2D eigenvalue weighted by atomic mass is 32.4. The summed E-state index contributed by atoms with van der Waals surface area (Å²) in [7, 11) is 0.289. The summed E-state index contributed by atoms with van der Waals surface area (Å²) in [5, 5.41) is 0. The molecule has 130 valence electrons. The smallest absolute Gasteiger partial charge is 0.00893 e. The molecule has 0 aliphatic heterocycles. The molecule has 2 aromatic rings. The second kappa shape index (κ2) is 10.9. The van der Waals surface area contributed by atoms with E-state index in [0.29, 0.717) is 5.92 Å². The quantitative estimate of drug-likeness (QED) is 0.338. The van der Waals surface area contributed by atoms with Crippen molar-refractivity contribution in [3.05, 3.63) is 70.8 Å². The zero-order valence-corrected chi connectivity index (χ0v) is 17.1. The highest BCUT2D eigenvalue weighted by Crippen LogP contribution is 2.30. The van der Waals surface area contributed by atoms with Crippen molar-refractivity contribution < 1.29 is 0 Å². The Balaban J connectivity index is 1.97. The van der Waals surface area contributed by atoms with Gasteiger partial charge in [0.15, 0.2) is 0 Å². The SMILES string of the molecule is Cc1ccc(C(CCCCCCC[PH2]=S)c2ccc(C)cc2)cc1. The maximum atomic E-state index is 5.10. The lowest BCUT2D eigenvalue weighted by atomic mass is 9.86. The van der Waals surface area contributed by atoms with Gasteiger partial charge in [-0.15, -0.1) is 11.8 Å². The van der Waals surface area contributed by atoms with Gasteiger partial charge in [-0.05, 0) is 44.0 Å². The average Bonchev–Trinajstić information content (AvgIpc) is 2.60. The molecule has 0 radical (unpaired) electrons. The van der Waals surface area contributed by atoms with Gasteiger partial charge in [0, 0.05) is 5.92 Å². The highest BCUT2D eigenvalue weighted by molar-refractivity contribution is 7.96. The third kappa shape index (κ3) is 6.54. The molecular weight excluding hydrogens is 327 g/mol. The third-order valence-corrected chi connectivity index (χ3v) is 6.13. The minimum atomic E-state index is 0.289. The molecule has 0 fully saturated rings. The fourth-order valence-corrected chi connectivity index (χ4v) is 4.19. The maximum absolute atomic E-state index is 5.10. The van der Waals surface area contributed by atoms with Crippen molar-refractivity contribution in [2.45, 2.75) is 58.3 Å². The van der Waals surface area contributed by atoms with Crippen LogP contribution in [-0.4, -0.2) is 6.16 Å². The Labute approximate surface area is 154 Å². The molecule has 1 atom stereocenters. The maximum Gasteiger partial charge on any atom is 0.00893 e. The first-order chi connectivity index (χ1) is 11.7. The average molecular weight is 359 g/mol. The molecule has 0 spiro atoms. The van der Waals surface area contributed by atoms with Crippen LogP contribution in [0.2, 0.25) is 0 Å². The molecule has 0 nitrogen and oxygen atoms in total. The molecule has 0 aromatic heterocycles. The minimum Gasteiger partial charge on any atom is -0.104 e. The van der Waals surface area contributed by atoms with Gasteiger partial charge in [0.2, 0.25) is 0 Å². The van der Waals surface area contributed by atoms with Gasteiger partial charge in [0.05, 0.1) is 0 Å². The number of rotatable bonds is 10. The van der Waals surface area contributed by atoms with Crippen LogP contribution in [0.15, 0.2) is 48.5 Å². The molecule has 1 unspecified atom stereocenters. The van der Waals surface area contributed by atoms with E-state index in [-0.39, 0.29) is 7.36 Å². The fourth-order valence-electron chi connectivity index (χ4n) is 3.23. The van der Waals surface area contributed by atoms with Crippen LogP contribution in [-0.2, 0) is 11.8 Å². The van der Waals surface area contributed by atoms with Gasteiger partial charge in [-0.2, -0.15) is 0 Å². The van der Waals surface area contributed by atoms with Crippen LogP contribution in [0.25, 0.3) is 0 Å². The molecule has 0 bridgehead atoms. The number of hydrogen-bond acceptors (Lipinski definition) is 1. The van der Waals surface area contributed by atoms with Crippen LogP contribution in [0, 0.1) is 13.8 Å². The van der Waals surface area contributed by atoms with Crippen LogP contribution in [0.5, 0.6) is 0 Å². The fraction of sp³-hybridized carbons (Fsp3) is 0.455. The van der Waals surface area contributed by atoms with E-state index in [4.69, 9.17) is 11.8 Å². The predicted octanol–water partition coefficient (Wildman–Crippen LogP) is 6.65. The van der Waals surface area contributed by atoms with Gasteiger partial charge in [0.1, 0.15) is 0 Å². The normalized spacial score (nSPS) is 11.6. The van der Waals surface area contributed by atoms with Crippen molar-refractivity contribution in [3.63, 3.8) is 0 Å². The van der Waals surface area contributed by atoms with Gasteiger partial charge in [-0.3, -0.25) is 0 Å². The second-order valence-corrected chi connectivity index (χ2v) is 8.80. The zero-order chi connectivity index (χ0) is 17.2. The summed E-state index contributed by atoms with van der Waals surface area (Å²) < 4.78 is 0. The topological polar surface area (TPSA) is 0 Å². The Bertz CT molecular complexity index is 555. The molecule has 24 heavy (non-hydrogen) atoms. The summed E-state index contributed by atoms with van der Waals surface area (Å²) >= 11 is 5.10. The lowest BCUT2D eigenvalue weighted by Gasteiger charge is -2.19. The third-order valence-electron chi connectivity index (χ3n) is 4.77. The van der Waals surface area contributed by atoms with Crippen LogP contribution >= 0.6 is 7.36 Å². The molecule has 2 aromatic carbocycles. The van der Waals surface area contributed by atoms with Crippen molar-refractivity contribution in [1.82, 2.24) is 0 Å². The summed E-state index contributed by atoms with van der Waals surface area (Å²) in [5.41, 5.74) is 5.59. The van der Waals surface area contributed by atoms with Gasteiger partial charge in [-0.1, -0.05) is 92.7 Å². The molecule has 2 rings (SSSR count). The van der Waals surface area contributed by atoms with E-state index in [1.165, 1.54) is 66.9 Å². The summed E-state index contributed by atoms with van der Waals surface area (Å²) in [6.45, 7) is 4.32. The standard InChI is InChI=1S/C22H31PS/c1-18-9-13-20(14-10-18)22(21-15-11-19(2)12-16-21)8-6-4-3-5-7-17-23-24/h9-16,22H,3-8,17,23H2,1-2H3. The van der Waals surface area contributed by atoms with Gasteiger partial charge in [-0.25, -0.2) is 0 Å². The summed E-state index contributed by atoms with van der Waals surface area (Å²) in [4.78, 5) is 0. The van der Waals surface area contributed by atoms with Crippen molar-refractivity contribution in [2.75, 3.05) is 6.16 Å². The van der Waals surface area contributed by atoms with Gasteiger partial charge >= 0.3 is 0 Å². The van der Waals surface area contributed by atoms with Crippen LogP contribution in [0.3, 0.4) is 0 Å². The molecule has 0 saturated heterocycles. The second-order valence-electron chi connectivity index (χ2n) is 6.89. The van der Waals surface area contributed by atoms with Crippen molar-refractivity contribution in [2.24, 2.45) is 0 Å². The zero-order valence-electron chi connectivity index (χ0n) is 15.1. The Morgan fingerprint density at radius 1 is 0.708 bits per heavy atom. The molecule has 0 amide bonds. The van der Waals surface area contributed by atoms with Crippen LogP contribution < -0.4 is 0 Å². The lowest BCUT2D eigenvalue weighted by molar-refractivity contribution is 0.581. The van der Waals surface area contributed by atoms with Gasteiger partial charge < -0.3 is 0 Å². The number of aryl methyl sites for hydroxylation is 2. The Morgan fingerprint density at radius 3 is 1.67 bits per heavy atom. The lowest BCUT2D eigenvalue weighted by Crippen LogP contribution is -2.02. The van der Waals surface area contributed by atoms with E-state index in [0.717, 1.165) is 0 Å². The highest BCUT2D eigenvalue weighted by Gasteiger charge is 2.13. The number of hydrogen-bond donors (Lipinski definition) is 0. The van der Waals surface area contributed by atoms with E-state index >= 15 is 0 Å². The molecule has 0 aliphatic rings. The predicted molar refractivity (Wildman–Crippen MR) is 114 cm³/mol. The summed E-state index contributed by atoms with van der Waals surface area (Å²) in [6, 6.07) is 18.2. The van der Waals surface area contributed by atoms with Crippen molar-refractivity contribution in [3.8, 4) is 0 Å². The molecule has 0 aliphatic carbocycles. The molecular formula is C22H31PS. The monoisotopic (exact) mass is 358 g/mol. The molecule has 2 heteroatoms. The molecule has 0 heterocycles. The van der Waals surface area contributed by atoms with Crippen LogP contribution in [0.1, 0.15) is 66.7 Å². The number of benzene rings is 2. The first-order valence-corrected chi connectivity index (χ1v) is 12.0. The first-order valence-electron chi connectivity index (χ1n) is 9.27. The van der Waals surface area contributed by atoms with E-state index in [1.807, 2.05) is 0 Å². The van der Waals surface area contributed by atoms with E-state index in [1.54, 1.807) is 0 Å². The van der Waals surface area contributed by atoms with E-state index in [2.05, 4.69) is 62.4 Å². The van der Waals surface area contributed by atoms with Crippen LogP contribution in [0.4, 0.5) is 0 Å². The molecule has 0 N–H and O–H groups in total. The Morgan fingerprint density at radius 2 is 1.17 bits per heavy atom. The Kier molecular flexibility index (Phi) is 8.78.